The van der Waals surface area contributed by atoms with E-state index in [2.05, 4.69) is 6.92 Å². The predicted octanol–water partition coefficient (Wildman–Crippen LogP) is 6.49. The average molecular weight is 387 g/mol. The summed E-state index contributed by atoms with van der Waals surface area (Å²) in [5.41, 5.74) is 4.36. The van der Waals surface area contributed by atoms with Gasteiger partial charge in [-0.2, -0.15) is 0 Å². The first kappa shape index (κ1) is 17.6. The Bertz CT molecular complexity index is 930. The molecule has 134 valence electrons. The highest BCUT2D eigenvalue weighted by atomic mass is 35.5. The summed E-state index contributed by atoms with van der Waals surface area (Å²) in [6.07, 6.45) is 3.38. The van der Waals surface area contributed by atoms with Crippen molar-refractivity contribution >= 4 is 34.6 Å². The van der Waals surface area contributed by atoms with Crippen molar-refractivity contribution in [3.05, 3.63) is 63.3 Å². The number of Topliss-reactive ketones (excluding diaryl/α,β-unsaturated/α-hetero) is 1. The van der Waals surface area contributed by atoms with Crippen LogP contribution in [0.2, 0.25) is 10.0 Å². The molecule has 1 saturated carbocycles. The molecule has 2 bridgehead atoms. The molecule has 2 aliphatic rings. The number of aryl methyl sites for hydroxylation is 1. The van der Waals surface area contributed by atoms with E-state index in [1.165, 1.54) is 0 Å². The lowest BCUT2D eigenvalue weighted by atomic mass is 9.81. The van der Waals surface area contributed by atoms with Crippen molar-refractivity contribution in [1.82, 2.24) is 0 Å². The zero-order valence-electron chi connectivity index (χ0n) is 14.6. The van der Waals surface area contributed by atoms with E-state index in [-0.39, 0.29) is 23.4 Å². The summed E-state index contributed by atoms with van der Waals surface area (Å²) in [6, 6.07) is 11.6. The van der Waals surface area contributed by atoms with Crippen molar-refractivity contribution < 1.29 is 9.90 Å². The highest BCUT2D eigenvalue weighted by Crippen LogP contribution is 2.46. The quantitative estimate of drug-likeness (QED) is 0.654. The lowest BCUT2D eigenvalue weighted by Gasteiger charge is -2.23. The summed E-state index contributed by atoms with van der Waals surface area (Å²) < 4.78 is 0. The predicted molar refractivity (Wildman–Crippen MR) is 107 cm³/mol. The van der Waals surface area contributed by atoms with Crippen molar-refractivity contribution in [2.45, 2.75) is 32.6 Å². The van der Waals surface area contributed by atoms with Crippen molar-refractivity contribution in [2.24, 2.45) is 11.8 Å². The molecule has 4 heteroatoms. The van der Waals surface area contributed by atoms with Crippen LogP contribution in [0, 0.1) is 11.8 Å². The highest BCUT2D eigenvalue weighted by molar-refractivity contribution is 6.42. The second-order valence-electron chi connectivity index (χ2n) is 7.19. The van der Waals surface area contributed by atoms with Crippen LogP contribution in [0.4, 0.5) is 0 Å². The molecule has 0 saturated heterocycles. The fraction of sp³-hybridized carbons (Fsp3) is 0.318. The molecule has 4 rings (SSSR count). The lowest BCUT2D eigenvalue weighted by Crippen LogP contribution is -2.22. The van der Waals surface area contributed by atoms with Crippen molar-refractivity contribution in [3.63, 3.8) is 0 Å². The molecule has 2 aliphatic carbocycles. The number of fused-ring (bicyclic) bond motifs is 2. The molecule has 2 nitrogen and oxygen atoms in total. The number of rotatable bonds is 3. The van der Waals surface area contributed by atoms with Gasteiger partial charge in [0, 0.05) is 11.8 Å². The minimum Gasteiger partial charge on any atom is -0.511 e. The maximum Gasteiger partial charge on any atom is 0.169 e. The van der Waals surface area contributed by atoms with E-state index in [0.29, 0.717) is 15.6 Å². The minimum atomic E-state index is 0.0595. The molecular formula is C22H20Cl2O2. The largest absolute Gasteiger partial charge is 0.511 e. The van der Waals surface area contributed by atoms with Gasteiger partial charge in [0.05, 0.1) is 15.6 Å². The molecule has 0 amide bonds. The maximum absolute atomic E-state index is 13.0. The molecule has 0 heterocycles. The summed E-state index contributed by atoms with van der Waals surface area (Å²) in [7, 11) is 0. The Morgan fingerprint density at radius 2 is 1.69 bits per heavy atom. The van der Waals surface area contributed by atoms with E-state index < -0.39 is 0 Å². The van der Waals surface area contributed by atoms with E-state index in [4.69, 9.17) is 23.2 Å². The topological polar surface area (TPSA) is 37.3 Å². The van der Waals surface area contributed by atoms with Gasteiger partial charge in [-0.15, -0.1) is 0 Å². The maximum atomic E-state index is 13.0. The molecule has 0 spiro atoms. The van der Waals surface area contributed by atoms with Crippen LogP contribution >= 0.6 is 23.2 Å². The standard InChI is InChI=1S/C22H20Cl2O2/c1-2-12-3-4-13(14-7-8-18(23)19(24)11-14)10-17(12)20-21(25)15-5-6-16(9-15)22(20)26/h3-4,7-8,10-11,15-16,25H,2,5-6,9H2,1H3/t15-,16+/m1/s1. The molecule has 26 heavy (non-hydrogen) atoms. The van der Waals surface area contributed by atoms with Crippen molar-refractivity contribution in [3.8, 4) is 11.1 Å². The van der Waals surface area contributed by atoms with E-state index in [9.17, 15) is 9.90 Å². The van der Waals surface area contributed by atoms with Gasteiger partial charge in [-0.3, -0.25) is 4.79 Å². The van der Waals surface area contributed by atoms with Gasteiger partial charge in [-0.05, 0) is 66.1 Å². The Morgan fingerprint density at radius 1 is 1.00 bits per heavy atom. The molecule has 0 unspecified atom stereocenters. The molecular weight excluding hydrogens is 367 g/mol. The third kappa shape index (κ3) is 2.86. The van der Waals surface area contributed by atoms with Gasteiger partial charge in [-0.1, -0.05) is 48.3 Å². The molecule has 2 atom stereocenters. The van der Waals surface area contributed by atoms with Crippen LogP contribution in [0.5, 0.6) is 0 Å². The minimum absolute atomic E-state index is 0.0595. The molecule has 0 radical (unpaired) electrons. The van der Waals surface area contributed by atoms with E-state index >= 15 is 0 Å². The number of aliphatic hydroxyl groups is 1. The van der Waals surface area contributed by atoms with Crippen LogP contribution in [-0.2, 0) is 11.2 Å². The van der Waals surface area contributed by atoms with Gasteiger partial charge in [0.25, 0.3) is 0 Å². The summed E-state index contributed by atoms with van der Waals surface area (Å²) in [5.74, 6) is 0.567. The highest BCUT2D eigenvalue weighted by Gasteiger charge is 2.41. The first-order valence-corrected chi connectivity index (χ1v) is 9.81. The van der Waals surface area contributed by atoms with Gasteiger partial charge < -0.3 is 5.11 Å². The smallest absolute Gasteiger partial charge is 0.169 e. The van der Waals surface area contributed by atoms with Gasteiger partial charge in [0.2, 0.25) is 0 Å². The number of aliphatic hydroxyl groups excluding tert-OH is 1. The molecule has 0 aromatic heterocycles. The average Bonchev–Trinajstić information content (AvgIpc) is 3.10. The van der Waals surface area contributed by atoms with E-state index in [0.717, 1.165) is 47.9 Å². The summed E-state index contributed by atoms with van der Waals surface area (Å²) in [5, 5.41) is 11.8. The van der Waals surface area contributed by atoms with E-state index in [1.54, 1.807) is 6.07 Å². The first-order chi connectivity index (χ1) is 12.5. The van der Waals surface area contributed by atoms with Crippen LogP contribution < -0.4 is 0 Å². The molecule has 2 aromatic rings. The second kappa shape index (κ2) is 6.75. The first-order valence-electron chi connectivity index (χ1n) is 9.05. The summed E-state index contributed by atoms with van der Waals surface area (Å²) >= 11 is 12.2. The normalized spacial score (nSPS) is 22.2. The van der Waals surface area contributed by atoms with E-state index in [1.807, 2.05) is 30.3 Å². The summed E-state index contributed by atoms with van der Waals surface area (Å²) in [6.45, 7) is 2.07. The van der Waals surface area contributed by atoms with Crippen LogP contribution in [0.25, 0.3) is 16.7 Å². The van der Waals surface area contributed by atoms with Crippen LogP contribution in [0.15, 0.2) is 42.2 Å². The fourth-order valence-corrected chi connectivity index (χ4v) is 4.54. The van der Waals surface area contributed by atoms with Crippen LogP contribution in [0.3, 0.4) is 0 Å². The number of halogens is 2. The Balaban J connectivity index is 1.87. The number of carbonyl (C=O) groups excluding carboxylic acids is 1. The molecule has 1 fully saturated rings. The molecule has 1 N–H and O–H groups in total. The number of allylic oxidation sites excluding steroid dienone is 2. The van der Waals surface area contributed by atoms with Gasteiger partial charge >= 0.3 is 0 Å². The number of benzene rings is 2. The molecule has 2 aromatic carbocycles. The fourth-order valence-electron chi connectivity index (χ4n) is 4.25. The third-order valence-electron chi connectivity index (χ3n) is 5.71. The molecule has 0 aliphatic heterocycles. The van der Waals surface area contributed by atoms with Crippen molar-refractivity contribution in [2.75, 3.05) is 0 Å². The number of ketones is 1. The summed E-state index contributed by atoms with van der Waals surface area (Å²) in [4.78, 5) is 13.0. The Hall–Kier alpha value is -1.77. The second-order valence-corrected chi connectivity index (χ2v) is 8.00. The van der Waals surface area contributed by atoms with Gasteiger partial charge in [0.1, 0.15) is 5.76 Å². The Kier molecular flexibility index (Phi) is 4.58. The zero-order valence-corrected chi connectivity index (χ0v) is 16.1. The number of hydrogen-bond acceptors (Lipinski definition) is 2. The monoisotopic (exact) mass is 386 g/mol. The van der Waals surface area contributed by atoms with Crippen LogP contribution in [-0.4, -0.2) is 10.9 Å². The SMILES string of the molecule is CCc1ccc(-c2ccc(Cl)c(Cl)c2)cc1C1=C(O)[C@@H]2CC[C@@H](C2)C1=O. The lowest BCUT2D eigenvalue weighted by molar-refractivity contribution is -0.117. The Labute approximate surface area is 163 Å². The number of carbonyl (C=O) groups is 1. The Morgan fingerprint density at radius 3 is 2.42 bits per heavy atom. The van der Waals surface area contributed by atoms with Gasteiger partial charge in [-0.25, -0.2) is 0 Å². The van der Waals surface area contributed by atoms with Crippen LogP contribution in [0.1, 0.15) is 37.3 Å². The van der Waals surface area contributed by atoms with Gasteiger partial charge in [0.15, 0.2) is 5.78 Å². The number of hydrogen-bond donors (Lipinski definition) is 1. The van der Waals surface area contributed by atoms with Crippen molar-refractivity contribution in [1.29, 1.82) is 0 Å². The third-order valence-corrected chi connectivity index (χ3v) is 6.44. The zero-order chi connectivity index (χ0) is 18.4.